The molecule has 0 bridgehead atoms. The summed E-state index contributed by atoms with van der Waals surface area (Å²) in [5, 5.41) is 9.14. The van der Waals surface area contributed by atoms with E-state index in [4.69, 9.17) is 5.11 Å². The average Bonchev–Trinajstić information content (AvgIpc) is 2.34. The number of nitrogens with one attached hydrogen (secondary N) is 1. The number of piperidine rings is 1. The summed E-state index contributed by atoms with van der Waals surface area (Å²) < 4.78 is 28.6. The van der Waals surface area contributed by atoms with Crippen molar-refractivity contribution in [2.24, 2.45) is 11.3 Å². The number of hydrogen-bond acceptors (Lipinski definition) is 3. The van der Waals surface area contributed by atoms with Crippen molar-refractivity contribution in [3.8, 4) is 0 Å². The Labute approximate surface area is 110 Å². The number of nitrogens with zero attached hydrogens (tertiary/aromatic N) is 1. The third-order valence-corrected chi connectivity index (χ3v) is 5.84. The molecule has 106 valence electrons. The molecule has 0 aromatic heterocycles. The van der Waals surface area contributed by atoms with Gasteiger partial charge < -0.3 is 5.11 Å². The SMILES string of the molecule is CC1(CNS(=O)(=O)N2CCCC(CO)C2)CCC1. The van der Waals surface area contributed by atoms with E-state index in [2.05, 4.69) is 11.6 Å². The van der Waals surface area contributed by atoms with Gasteiger partial charge in [-0.2, -0.15) is 12.7 Å². The predicted molar refractivity (Wildman–Crippen MR) is 70.3 cm³/mol. The number of aliphatic hydroxyl groups excluding tert-OH is 1. The van der Waals surface area contributed by atoms with Crippen molar-refractivity contribution in [1.82, 2.24) is 9.03 Å². The first-order valence-electron chi connectivity index (χ1n) is 6.81. The normalized spacial score (nSPS) is 28.9. The van der Waals surface area contributed by atoms with E-state index in [1.54, 1.807) is 0 Å². The molecule has 0 aromatic rings. The highest BCUT2D eigenvalue weighted by Gasteiger charge is 2.35. The number of hydrogen-bond donors (Lipinski definition) is 2. The van der Waals surface area contributed by atoms with Crippen LogP contribution in [0.4, 0.5) is 0 Å². The summed E-state index contributed by atoms with van der Waals surface area (Å²) in [5.74, 6) is 0.0922. The van der Waals surface area contributed by atoms with Crippen LogP contribution in [0.3, 0.4) is 0 Å². The molecule has 2 rings (SSSR count). The van der Waals surface area contributed by atoms with Crippen LogP contribution in [-0.4, -0.2) is 44.1 Å². The van der Waals surface area contributed by atoms with Crippen LogP contribution in [0.15, 0.2) is 0 Å². The van der Waals surface area contributed by atoms with Crippen molar-refractivity contribution in [3.63, 3.8) is 0 Å². The minimum absolute atomic E-state index is 0.0732. The highest BCUT2D eigenvalue weighted by Crippen LogP contribution is 2.39. The molecule has 1 unspecified atom stereocenters. The second-order valence-corrected chi connectivity index (χ2v) is 7.79. The summed E-state index contributed by atoms with van der Waals surface area (Å²) in [6, 6.07) is 0. The van der Waals surface area contributed by atoms with E-state index in [0.29, 0.717) is 19.6 Å². The second-order valence-electron chi connectivity index (χ2n) is 6.04. The quantitative estimate of drug-likeness (QED) is 0.777. The first-order chi connectivity index (χ1) is 8.45. The van der Waals surface area contributed by atoms with Crippen LogP contribution < -0.4 is 4.72 Å². The van der Waals surface area contributed by atoms with Gasteiger partial charge in [-0.1, -0.05) is 13.3 Å². The highest BCUT2D eigenvalue weighted by atomic mass is 32.2. The van der Waals surface area contributed by atoms with Gasteiger partial charge in [0, 0.05) is 26.2 Å². The Balaban J connectivity index is 1.89. The number of aliphatic hydroxyl groups is 1. The average molecular weight is 276 g/mol. The van der Waals surface area contributed by atoms with E-state index in [9.17, 15) is 8.42 Å². The monoisotopic (exact) mass is 276 g/mol. The molecule has 1 saturated heterocycles. The maximum atomic E-state index is 12.2. The summed E-state index contributed by atoms with van der Waals surface area (Å²) in [7, 11) is -3.36. The molecule has 0 spiro atoms. The lowest BCUT2D eigenvalue weighted by Crippen LogP contribution is -2.49. The second kappa shape index (κ2) is 5.45. The third-order valence-electron chi connectivity index (χ3n) is 4.32. The van der Waals surface area contributed by atoms with Gasteiger partial charge in [0.1, 0.15) is 0 Å². The Kier molecular flexibility index (Phi) is 4.31. The lowest BCUT2D eigenvalue weighted by atomic mass is 9.71. The molecule has 0 amide bonds. The van der Waals surface area contributed by atoms with E-state index in [-0.39, 0.29) is 17.9 Å². The lowest BCUT2D eigenvalue weighted by Gasteiger charge is -2.39. The first kappa shape index (κ1) is 14.2. The minimum atomic E-state index is -3.36. The van der Waals surface area contributed by atoms with Crippen LogP contribution in [0.2, 0.25) is 0 Å². The smallest absolute Gasteiger partial charge is 0.279 e. The fourth-order valence-corrected chi connectivity index (χ4v) is 4.20. The molecular weight excluding hydrogens is 252 g/mol. The molecular formula is C12H24N2O3S. The van der Waals surface area contributed by atoms with Gasteiger partial charge in [0.2, 0.25) is 0 Å². The van der Waals surface area contributed by atoms with E-state index >= 15 is 0 Å². The molecule has 1 aliphatic heterocycles. The van der Waals surface area contributed by atoms with Gasteiger partial charge in [-0.15, -0.1) is 0 Å². The fourth-order valence-electron chi connectivity index (χ4n) is 2.71. The van der Waals surface area contributed by atoms with Crippen LogP contribution in [0.1, 0.15) is 39.0 Å². The van der Waals surface area contributed by atoms with Crippen LogP contribution in [0.25, 0.3) is 0 Å². The Hall–Kier alpha value is -0.170. The van der Waals surface area contributed by atoms with Crippen LogP contribution in [0.5, 0.6) is 0 Å². The molecule has 0 aromatic carbocycles. The summed E-state index contributed by atoms with van der Waals surface area (Å²) >= 11 is 0. The van der Waals surface area contributed by atoms with Gasteiger partial charge in [-0.05, 0) is 37.0 Å². The zero-order valence-electron chi connectivity index (χ0n) is 11.1. The van der Waals surface area contributed by atoms with Crippen molar-refractivity contribution in [1.29, 1.82) is 0 Å². The molecule has 1 saturated carbocycles. The minimum Gasteiger partial charge on any atom is -0.396 e. The molecule has 1 atom stereocenters. The summed E-state index contributed by atoms with van der Waals surface area (Å²) in [5.41, 5.74) is 0.152. The van der Waals surface area contributed by atoms with Gasteiger partial charge in [0.25, 0.3) is 10.2 Å². The molecule has 18 heavy (non-hydrogen) atoms. The maximum absolute atomic E-state index is 12.2. The molecule has 1 aliphatic carbocycles. The zero-order chi connectivity index (χ0) is 13.2. The summed E-state index contributed by atoms with van der Waals surface area (Å²) in [6.45, 7) is 3.76. The molecule has 5 nitrogen and oxygen atoms in total. The Morgan fingerprint density at radius 2 is 2.11 bits per heavy atom. The van der Waals surface area contributed by atoms with Gasteiger partial charge in [-0.25, -0.2) is 4.72 Å². The lowest BCUT2D eigenvalue weighted by molar-refractivity contribution is 0.156. The van der Waals surface area contributed by atoms with Crippen molar-refractivity contribution >= 4 is 10.2 Å². The van der Waals surface area contributed by atoms with E-state index < -0.39 is 10.2 Å². The Bertz CT molecular complexity index is 379. The van der Waals surface area contributed by atoms with Crippen molar-refractivity contribution in [2.75, 3.05) is 26.2 Å². The van der Waals surface area contributed by atoms with Gasteiger partial charge in [0.05, 0.1) is 0 Å². The standard InChI is InChI=1S/C12H24N2O3S/c1-12(5-3-6-12)10-13-18(16,17)14-7-2-4-11(8-14)9-15/h11,13,15H,2-10H2,1H3. The van der Waals surface area contributed by atoms with Crippen molar-refractivity contribution in [2.45, 2.75) is 39.0 Å². The highest BCUT2D eigenvalue weighted by molar-refractivity contribution is 7.87. The molecule has 1 heterocycles. The number of rotatable bonds is 5. The fraction of sp³-hybridized carbons (Fsp3) is 1.00. The summed E-state index contributed by atoms with van der Waals surface area (Å²) in [4.78, 5) is 0. The van der Waals surface area contributed by atoms with E-state index in [1.807, 2.05) is 0 Å². The van der Waals surface area contributed by atoms with Gasteiger partial charge in [-0.3, -0.25) is 0 Å². The Morgan fingerprint density at radius 3 is 2.67 bits per heavy atom. The van der Waals surface area contributed by atoms with Crippen LogP contribution >= 0.6 is 0 Å². The maximum Gasteiger partial charge on any atom is 0.279 e. The largest absolute Gasteiger partial charge is 0.396 e. The zero-order valence-corrected chi connectivity index (χ0v) is 11.9. The van der Waals surface area contributed by atoms with E-state index in [0.717, 1.165) is 25.7 Å². The van der Waals surface area contributed by atoms with Gasteiger partial charge in [0.15, 0.2) is 0 Å². The molecule has 6 heteroatoms. The summed E-state index contributed by atoms with van der Waals surface area (Å²) in [6.07, 6.45) is 5.17. The Morgan fingerprint density at radius 1 is 1.39 bits per heavy atom. The topological polar surface area (TPSA) is 69.6 Å². The van der Waals surface area contributed by atoms with Crippen LogP contribution in [-0.2, 0) is 10.2 Å². The molecule has 2 aliphatic rings. The predicted octanol–water partition coefficient (Wildman–Crippen LogP) is 0.715. The van der Waals surface area contributed by atoms with Crippen molar-refractivity contribution < 1.29 is 13.5 Å². The molecule has 0 radical (unpaired) electrons. The first-order valence-corrected chi connectivity index (χ1v) is 8.25. The molecule has 2 fully saturated rings. The molecule has 2 N–H and O–H groups in total. The van der Waals surface area contributed by atoms with Gasteiger partial charge >= 0.3 is 0 Å². The van der Waals surface area contributed by atoms with E-state index in [1.165, 1.54) is 10.7 Å². The van der Waals surface area contributed by atoms with Crippen LogP contribution in [0, 0.1) is 11.3 Å². The van der Waals surface area contributed by atoms with Crippen molar-refractivity contribution in [3.05, 3.63) is 0 Å². The third kappa shape index (κ3) is 3.23.